The van der Waals surface area contributed by atoms with Gasteiger partial charge in [-0.1, -0.05) is 68.7 Å². The molecule has 0 aromatic carbocycles. The van der Waals surface area contributed by atoms with Gasteiger partial charge in [-0.25, -0.2) is 0 Å². The first-order chi connectivity index (χ1) is 10.3. The molecule has 22 heavy (non-hydrogen) atoms. The van der Waals surface area contributed by atoms with Crippen molar-refractivity contribution in [2.75, 3.05) is 6.61 Å². The molecule has 2 unspecified atom stereocenters. The quantitative estimate of drug-likeness (QED) is 0.731. The summed E-state index contributed by atoms with van der Waals surface area (Å²) in [4.78, 5) is 0. The molecule has 124 valence electrons. The summed E-state index contributed by atoms with van der Waals surface area (Å²) in [6, 6.07) is 0. The number of aliphatic hydroxyl groups excluding tert-OH is 2. The highest BCUT2D eigenvalue weighted by molar-refractivity contribution is 5.30. The van der Waals surface area contributed by atoms with Gasteiger partial charge in [0.15, 0.2) is 0 Å². The van der Waals surface area contributed by atoms with E-state index in [0.717, 1.165) is 5.57 Å². The molecule has 2 atom stereocenters. The van der Waals surface area contributed by atoms with E-state index in [9.17, 15) is 5.11 Å². The Morgan fingerprint density at radius 2 is 2.00 bits per heavy atom. The first kappa shape index (κ1) is 18.9. The molecule has 2 nitrogen and oxygen atoms in total. The molecule has 0 heterocycles. The molecular weight excluding hydrogens is 272 g/mol. The van der Waals surface area contributed by atoms with Crippen molar-refractivity contribution in [1.29, 1.82) is 0 Å². The fourth-order valence-corrected chi connectivity index (χ4v) is 3.09. The maximum absolute atomic E-state index is 9.48. The third-order valence-electron chi connectivity index (χ3n) is 4.69. The summed E-state index contributed by atoms with van der Waals surface area (Å²) in [5, 5.41) is 18.4. The fraction of sp³-hybridized carbons (Fsp3) is 0.600. The number of rotatable bonds is 5. The average Bonchev–Trinajstić information content (AvgIpc) is 2.45. The van der Waals surface area contributed by atoms with Gasteiger partial charge in [0.25, 0.3) is 0 Å². The van der Waals surface area contributed by atoms with Crippen LogP contribution in [0.3, 0.4) is 0 Å². The molecule has 0 aliphatic heterocycles. The van der Waals surface area contributed by atoms with Crippen molar-refractivity contribution in [2.45, 2.75) is 60.0 Å². The largest absolute Gasteiger partial charge is 0.393 e. The van der Waals surface area contributed by atoms with Gasteiger partial charge in [-0.2, -0.15) is 0 Å². The molecule has 1 aliphatic carbocycles. The SMILES string of the molecule is CC(/C=C/C=C(\C)C(O)CO)=C\C=C1\C(C)CCCC1(C)C. The molecule has 2 N–H and O–H groups in total. The van der Waals surface area contributed by atoms with Crippen LogP contribution in [0.4, 0.5) is 0 Å². The Morgan fingerprint density at radius 1 is 1.32 bits per heavy atom. The van der Waals surface area contributed by atoms with Gasteiger partial charge < -0.3 is 10.2 Å². The second-order valence-corrected chi connectivity index (χ2v) is 7.18. The van der Waals surface area contributed by atoms with E-state index in [1.807, 2.05) is 25.2 Å². The topological polar surface area (TPSA) is 40.5 Å². The lowest BCUT2D eigenvalue weighted by molar-refractivity contribution is 0.122. The Balaban J connectivity index is 2.78. The van der Waals surface area contributed by atoms with Crippen LogP contribution in [0.2, 0.25) is 0 Å². The fourth-order valence-electron chi connectivity index (χ4n) is 3.09. The molecule has 0 saturated heterocycles. The van der Waals surface area contributed by atoms with Gasteiger partial charge in [0.1, 0.15) is 0 Å². The molecule has 1 rings (SSSR count). The van der Waals surface area contributed by atoms with E-state index in [1.54, 1.807) is 5.57 Å². The number of aliphatic hydroxyl groups is 2. The third-order valence-corrected chi connectivity index (χ3v) is 4.69. The van der Waals surface area contributed by atoms with Gasteiger partial charge in [0.05, 0.1) is 12.7 Å². The zero-order valence-corrected chi connectivity index (χ0v) is 14.8. The van der Waals surface area contributed by atoms with Crippen LogP contribution in [0.5, 0.6) is 0 Å². The minimum Gasteiger partial charge on any atom is -0.393 e. The Kier molecular flexibility index (Phi) is 7.31. The molecule has 1 aliphatic rings. The summed E-state index contributed by atoms with van der Waals surface area (Å²) in [5.74, 6) is 0.665. The summed E-state index contributed by atoms with van der Waals surface area (Å²) in [6.45, 7) is 10.7. The molecular formula is C20H32O2. The van der Waals surface area contributed by atoms with Crippen LogP contribution in [0.25, 0.3) is 0 Å². The van der Waals surface area contributed by atoms with E-state index in [4.69, 9.17) is 5.11 Å². The molecule has 0 radical (unpaired) electrons. The average molecular weight is 304 g/mol. The lowest BCUT2D eigenvalue weighted by atomic mass is 9.68. The van der Waals surface area contributed by atoms with E-state index in [2.05, 4.69) is 39.8 Å². The van der Waals surface area contributed by atoms with Crippen LogP contribution in [-0.2, 0) is 0 Å². The lowest BCUT2D eigenvalue weighted by Crippen LogP contribution is -2.24. The van der Waals surface area contributed by atoms with Crippen LogP contribution < -0.4 is 0 Å². The van der Waals surface area contributed by atoms with Crippen molar-refractivity contribution in [2.24, 2.45) is 11.3 Å². The zero-order chi connectivity index (χ0) is 16.8. The summed E-state index contributed by atoms with van der Waals surface area (Å²) in [5.41, 5.74) is 3.81. The lowest BCUT2D eigenvalue weighted by Gasteiger charge is -2.37. The van der Waals surface area contributed by atoms with Crippen LogP contribution in [-0.4, -0.2) is 22.9 Å². The maximum Gasteiger partial charge on any atom is 0.0981 e. The second-order valence-electron chi connectivity index (χ2n) is 7.18. The minimum atomic E-state index is -0.764. The van der Waals surface area contributed by atoms with Crippen molar-refractivity contribution < 1.29 is 10.2 Å². The van der Waals surface area contributed by atoms with Crippen molar-refractivity contribution in [3.05, 3.63) is 47.1 Å². The molecule has 0 bridgehead atoms. The van der Waals surface area contributed by atoms with Gasteiger partial charge in [0, 0.05) is 0 Å². The van der Waals surface area contributed by atoms with Gasteiger partial charge >= 0.3 is 0 Å². The number of hydrogen-bond donors (Lipinski definition) is 2. The summed E-state index contributed by atoms with van der Waals surface area (Å²) < 4.78 is 0. The van der Waals surface area contributed by atoms with Gasteiger partial charge in [-0.3, -0.25) is 0 Å². The van der Waals surface area contributed by atoms with Gasteiger partial charge in [-0.15, -0.1) is 0 Å². The second kappa shape index (κ2) is 8.50. The molecule has 2 heteroatoms. The van der Waals surface area contributed by atoms with Crippen molar-refractivity contribution in [1.82, 2.24) is 0 Å². The number of hydrogen-bond acceptors (Lipinski definition) is 2. The maximum atomic E-state index is 9.48. The van der Waals surface area contributed by atoms with E-state index >= 15 is 0 Å². The highest BCUT2D eigenvalue weighted by Crippen LogP contribution is 2.43. The van der Waals surface area contributed by atoms with Crippen LogP contribution in [0, 0.1) is 11.3 Å². The van der Waals surface area contributed by atoms with Gasteiger partial charge in [-0.05, 0) is 43.6 Å². The summed E-state index contributed by atoms with van der Waals surface area (Å²) in [7, 11) is 0. The van der Waals surface area contributed by atoms with Crippen molar-refractivity contribution in [3.63, 3.8) is 0 Å². The monoisotopic (exact) mass is 304 g/mol. The third kappa shape index (κ3) is 5.58. The number of allylic oxidation sites excluding steroid dienone is 7. The molecule has 0 aromatic rings. The van der Waals surface area contributed by atoms with E-state index in [0.29, 0.717) is 11.3 Å². The smallest absolute Gasteiger partial charge is 0.0981 e. The standard InChI is InChI=1S/C20H32O2/c1-15(8-6-9-17(3)19(22)14-21)11-12-18-16(2)10-7-13-20(18,4)5/h6,8-9,11-12,16,19,21-22H,7,10,13-14H2,1-5H3/b8-6+,15-11+,17-9+,18-12-. The van der Waals surface area contributed by atoms with Crippen molar-refractivity contribution >= 4 is 0 Å². The summed E-state index contributed by atoms with van der Waals surface area (Å²) in [6.07, 6.45) is 13.4. The summed E-state index contributed by atoms with van der Waals surface area (Å²) >= 11 is 0. The minimum absolute atomic E-state index is 0.232. The van der Waals surface area contributed by atoms with Crippen LogP contribution in [0.15, 0.2) is 47.1 Å². The first-order valence-electron chi connectivity index (χ1n) is 8.30. The molecule has 0 amide bonds. The Bertz CT molecular complexity index is 478. The molecule has 1 saturated carbocycles. The molecule has 0 aromatic heterocycles. The first-order valence-corrected chi connectivity index (χ1v) is 8.30. The zero-order valence-electron chi connectivity index (χ0n) is 14.8. The van der Waals surface area contributed by atoms with Crippen molar-refractivity contribution in [3.8, 4) is 0 Å². The predicted molar refractivity (Wildman–Crippen MR) is 94.6 cm³/mol. The van der Waals surface area contributed by atoms with E-state index in [1.165, 1.54) is 24.8 Å². The highest BCUT2D eigenvalue weighted by Gasteiger charge is 2.30. The molecule has 1 fully saturated rings. The Hall–Kier alpha value is -1.12. The highest BCUT2D eigenvalue weighted by atomic mass is 16.3. The molecule has 0 spiro atoms. The van der Waals surface area contributed by atoms with E-state index < -0.39 is 6.10 Å². The van der Waals surface area contributed by atoms with Gasteiger partial charge in [0.2, 0.25) is 0 Å². The Morgan fingerprint density at radius 3 is 2.59 bits per heavy atom. The van der Waals surface area contributed by atoms with Crippen LogP contribution >= 0.6 is 0 Å². The Labute approximate surface area is 135 Å². The normalized spacial score (nSPS) is 26.7. The van der Waals surface area contributed by atoms with Crippen LogP contribution in [0.1, 0.15) is 53.9 Å². The van der Waals surface area contributed by atoms with E-state index in [-0.39, 0.29) is 6.61 Å². The predicted octanol–water partition coefficient (Wildman–Crippen LogP) is 4.56.